The number of hydroxylamine groups is 2. The lowest BCUT2D eigenvalue weighted by Gasteiger charge is -2.30. The van der Waals surface area contributed by atoms with Crippen molar-refractivity contribution in [1.82, 2.24) is 31.4 Å². The van der Waals surface area contributed by atoms with Gasteiger partial charge in [0.05, 0.1) is 33.4 Å². The van der Waals surface area contributed by atoms with Crippen LogP contribution in [0.4, 0.5) is 9.59 Å². The summed E-state index contributed by atoms with van der Waals surface area (Å²) in [6.07, 6.45) is -1.24. The third kappa shape index (κ3) is 12.0. The van der Waals surface area contributed by atoms with Crippen molar-refractivity contribution in [3.8, 4) is 0 Å². The minimum Gasteiger partial charge on any atom is -0.389 e. The molecule has 0 spiro atoms. The van der Waals surface area contributed by atoms with Gasteiger partial charge in [0.1, 0.15) is 12.1 Å². The van der Waals surface area contributed by atoms with Crippen LogP contribution in [0.25, 0.3) is 0 Å². The molecule has 0 aliphatic rings. The lowest BCUT2D eigenvalue weighted by Crippen LogP contribution is -2.55. The normalized spacial score (nSPS) is 12.6. The summed E-state index contributed by atoms with van der Waals surface area (Å²) in [6.45, 7) is 6.95. The van der Waals surface area contributed by atoms with Crippen molar-refractivity contribution in [2.45, 2.75) is 59.0 Å². The molecule has 0 saturated carbocycles. The molecular formula is C31H46N6O7. The molecule has 5 N–H and O–H groups in total. The fraction of sp³-hybridized carbons (Fsp3) is 0.484. The molecule has 0 aliphatic heterocycles. The third-order valence-electron chi connectivity index (χ3n) is 6.72. The number of rotatable bonds is 16. The number of urea groups is 2. The first-order chi connectivity index (χ1) is 21.0. The summed E-state index contributed by atoms with van der Waals surface area (Å²) < 4.78 is 0. The number of nitrogens with zero attached hydrogens (tertiary/aromatic N) is 2. The average molecular weight is 615 g/mol. The first-order valence-electron chi connectivity index (χ1n) is 14.5. The second kappa shape index (κ2) is 18.7. The van der Waals surface area contributed by atoms with Crippen LogP contribution < -0.4 is 21.6 Å². The highest BCUT2D eigenvalue weighted by Gasteiger charge is 2.29. The van der Waals surface area contributed by atoms with Gasteiger partial charge in [-0.3, -0.25) is 20.2 Å². The maximum Gasteiger partial charge on any atom is 0.324 e. The standard InChI is InChI=1S/C31H46N6O7/c1-21(2)26(34-43-5)28(39)32-30(41)36(17-23-13-9-7-10-14-23)19-25(38)20-37(18-24-15-11-8-12-16-24)31(42)33-29(40)27(22(3)4)35-44-6/h7-16,21-22,25-27,34-35,38H,17-20H2,1-6H3,(H,32,39,41)(H,33,40,42)/t26-,27-/m0/s1. The fourth-order valence-electron chi connectivity index (χ4n) is 4.38. The van der Waals surface area contributed by atoms with E-state index in [2.05, 4.69) is 21.6 Å². The maximum atomic E-state index is 13.3. The molecule has 13 nitrogen and oxygen atoms in total. The van der Waals surface area contributed by atoms with Crippen LogP contribution in [0.15, 0.2) is 60.7 Å². The molecule has 0 fully saturated rings. The number of nitrogens with one attached hydrogen (secondary N) is 4. The van der Waals surface area contributed by atoms with Crippen LogP contribution in [-0.2, 0) is 32.4 Å². The zero-order chi connectivity index (χ0) is 32.6. The van der Waals surface area contributed by atoms with Crippen molar-refractivity contribution in [3.63, 3.8) is 0 Å². The van der Waals surface area contributed by atoms with E-state index in [1.165, 1.54) is 24.0 Å². The SMILES string of the molecule is CON[C@H](C(=O)NC(=O)N(Cc1ccccc1)CC(O)CN(Cc1ccccc1)C(=O)NC(=O)[C@@H](NOC)C(C)C)C(C)C. The summed E-state index contributed by atoms with van der Waals surface area (Å²) in [7, 11) is 2.76. The summed E-state index contributed by atoms with van der Waals surface area (Å²) >= 11 is 0. The number of aliphatic hydroxyl groups is 1. The lowest BCUT2D eigenvalue weighted by atomic mass is 10.0. The Bertz CT molecular complexity index is 1090. The van der Waals surface area contributed by atoms with E-state index in [0.29, 0.717) is 0 Å². The molecule has 242 valence electrons. The fourth-order valence-corrected chi connectivity index (χ4v) is 4.38. The Kier molecular flexibility index (Phi) is 15.4. The summed E-state index contributed by atoms with van der Waals surface area (Å²) in [5.74, 6) is -1.55. The predicted molar refractivity (Wildman–Crippen MR) is 164 cm³/mol. The first kappa shape index (κ1) is 36.3. The van der Waals surface area contributed by atoms with Gasteiger partial charge in [-0.2, -0.15) is 11.0 Å². The highest BCUT2D eigenvalue weighted by molar-refractivity contribution is 5.97. The Labute approximate surface area is 259 Å². The second-order valence-electron chi connectivity index (χ2n) is 11.1. The molecule has 0 aliphatic carbocycles. The molecule has 6 amide bonds. The molecule has 44 heavy (non-hydrogen) atoms. The Hall–Kier alpha value is -3.88. The first-order valence-corrected chi connectivity index (χ1v) is 14.5. The molecule has 2 aromatic carbocycles. The molecule has 13 heteroatoms. The Morgan fingerprint density at radius 1 is 0.659 bits per heavy atom. The number of hydrogen-bond donors (Lipinski definition) is 5. The third-order valence-corrected chi connectivity index (χ3v) is 6.72. The number of benzene rings is 2. The number of aliphatic hydroxyl groups excluding tert-OH is 1. The highest BCUT2D eigenvalue weighted by atomic mass is 16.6. The molecular weight excluding hydrogens is 568 g/mol. The van der Waals surface area contributed by atoms with Crippen LogP contribution in [0.2, 0.25) is 0 Å². The van der Waals surface area contributed by atoms with E-state index in [1.54, 1.807) is 27.7 Å². The molecule has 2 atom stereocenters. The lowest BCUT2D eigenvalue weighted by molar-refractivity contribution is -0.128. The van der Waals surface area contributed by atoms with E-state index < -0.39 is 42.1 Å². The smallest absolute Gasteiger partial charge is 0.324 e. The van der Waals surface area contributed by atoms with Gasteiger partial charge >= 0.3 is 12.1 Å². The predicted octanol–water partition coefficient (Wildman–Crippen LogP) is 2.18. The van der Waals surface area contributed by atoms with Gasteiger partial charge in [-0.15, -0.1) is 0 Å². The van der Waals surface area contributed by atoms with Gasteiger partial charge in [-0.25, -0.2) is 9.59 Å². The van der Waals surface area contributed by atoms with Crippen molar-refractivity contribution >= 4 is 23.9 Å². The van der Waals surface area contributed by atoms with Gasteiger partial charge < -0.3 is 24.6 Å². The summed E-state index contributed by atoms with van der Waals surface area (Å²) in [6, 6.07) is 15.2. The monoisotopic (exact) mass is 614 g/mol. The van der Waals surface area contributed by atoms with Gasteiger partial charge in [-0.05, 0) is 23.0 Å². The minimum atomic E-state index is -1.24. The summed E-state index contributed by atoms with van der Waals surface area (Å²) in [4.78, 5) is 64.9. The average Bonchev–Trinajstić information content (AvgIpc) is 2.98. The summed E-state index contributed by atoms with van der Waals surface area (Å²) in [5.41, 5.74) is 6.73. The molecule has 0 saturated heterocycles. The van der Waals surface area contributed by atoms with Crippen molar-refractivity contribution in [1.29, 1.82) is 0 Å². The van der Waals surface area contributed by atoms with Crippen LogP contribution in [0.5, 0.6) is 0 Å². The Morgan fingerprint density at radius 2 is 1.00 bits per heavy atom. The van der Waals surface area contributed by atoms with Crippen LogP contribution in [-0.4, -0.2) is 84.3 Å². The molecule has 0 unspecified atom stereocenters. The van der Waals surface area contributed by atoms with Crippen LogP contribution >= 0.6 is 0 Å². The quantitative estimate of drug-likeness (QED) is 0.179. The molecule has 0 bridgehead atoms. The molecule has 0 radical (unpaired) electrons. The second-order valence-corrected chi connectivity index (χ2v) is 11.1. The topological polar surface area (TPSA) is 162 Å². The van der Waals surface area contributed by atoms with E-state index in [1.807, 2.05) is 60.7 Å². The van der Waals surface area contributed by atoms with E-state index in [4.69, 9.17) is 9.68 Å². The van der Waals surface area contributed by atoms with Crippen LogP contribution in [0.3, 0.4) is 0 Å². The summed E-state index contributed by atoms with van der Waals surface area (Å²) in [5, 5.41) is 16.0. The number of amides is 6. The number of carbonyl (C=O) groups is 4. The number of hydrogen-bond acceptors (Lipinski definition) is 9. The zero-order valence-electron chi connectivity index (χ0n) is 26.3. The van der Waals surface area contributed by atoms with E-state index in [0.717, 1.165) is 11.1 Å². The van der Waals surface area contributed by atoms with Crippen molar-refractivity contribution in [3.05, 3.63) is 71.8 Å². The Morgan fingerprint density at radius 3 is 1.30 bits per heavy atom. The molecule has 2 aromatic rings. The molecule has 0 heterocycles. The van der Waals surface area contributed by atoms with Crippen molar-refractivity contribution < 1.29 is 34.0 Å². The van der Waals surface area contributed by atoms with Crippen LogP contribution in [0.1, 0.15) is 38.8 Å². The van der Waals surface area contributed by atoms with E-state index in [9.17, 15) is 24.3 Å². The Balaban J connectivity index is 2.25. The molecule has 2 rings (SSSR count). The van der Waals surface area contributed by atoms with E-state index >= 15 is 0 Å². The van der Waals surface area contributed by atoms with E-state index in [-0.39, 0.29) is 38.0 Å². The van der Waals surface area contributed by atoms with Gasteiger partial charge in [0.25, 0.3) is 0 Å². The maximum absolute atomic E-state index is 13.3. The zero-order valence-corrected chi connectivity index (χ0v) is 26.3. The van der Waals surface area contributed by atoms with Gasteiger partial charge in [0.15, 0.2) is 0 Å². The van der Waals surface area contributed by atoms with Gasteiger partial charge in [0.2, 0.25) is 11.8 Å². The highest BCUT2D eigenvalue weighted by Crippen LogP contribution is 2.11. The minimum absolute atomic E-state index is 0.0865. The van der Waals surface area contributed by atoms with Gasteiger partial charge in [-0.1, -0.05) is 88.4 Å². The van der Waals surface area contributed by atoms with Crippen LogP contribution in [0, 0.1) is 11.8 Å². The number of imide groups is 2. The largest absolute Gasteiger partial charge is 0.389 e. The molecule has 0 aromatic heterocycles. The van der Waals surface area contributed by atoms with Gasteiger partial charge in [0, 0.05) is 13.1 Å². The van der Waals surface area contributed by atoms with Crippen molar-refractivity contribution in [2.24, 2.45) is 11.8 Å². The van der Waals surface area contributed by atoms with Crippen molar-refractivity contribution in [2.75, 3.05) is 27.3 Å². The number of carbonyl (C=O) groups excluding carboxylic acids is 4.